The maximum Gasteiger partial charge on any atom is 0.210 e. The maximum atomic E-state index is 11.4. The molecule has 28 heavy (non-hydrogen) atoms. The van der Waals surface area contributed by atoms with Crippen molar-refractivity contribution in [1.82, 2.24) is 24.5 Å². The van der Waals surface area contributed by atoms with Crippen LogP contribution < -0.4 is 5.14 Å². The maximum absolute atomic E-state index is 11.4. The zero-order valence-electron chi connectivity index (χ0n) is 16.4. The summed E-state index contributed by atoms with van der Waals surface area (Å²) in [6.07, 6.45) is 5.75. The van der Waals surface area contributed by atoms with E-state index >= 15 is 0 Å². The van der Waals surface area contributed by atoms with Gasteiger partial charge in [0.2, 0.25) is 10.0 Å². The molecule has 0 fully saturated rings. The Morgan fingerprint density at radius 3 is 2.50 bits per heavy atom. The van der Waals surface area contributed by atoms with Gasteiger partial charge in [-0.15, -0.1) is 0 Å². The van der Waals surface area contributed by atoms with E-state index in [2.05, 4.69) is 24.0 Å². The second kappa shape index (κ2) is 8.24. The normalized spacial score (nSPS) is 13.0. The molecule has 3 aromatic rings. The lowest BCUT2D eigenvalue weighted by atomic mass is 10.1. The quantitative estimate of drug-likeness (QED) is 0.623. The number of benzene rings is 1. The minimum absolute atomic E-state index is 0.167. The van der Waals surface area contributed by atoms with Crippen molar-refractivity contribution >= 4 is 10.0 Å². The van der Waals surface area contributed by atoms with E-state index in [-0.39, 0.29) is 18.2 Å². The third-order valence-electron chi connectivity index (χ3n) is 4.54. The van der Waals surface area contributed by atoms with E-state index in [0.29, 0.717) is 5.82 Å². The molecule has 150 valence electrons. The molecule has 1 atom stereocenters. The van der Waals surface area contributed by atoms with Gasteiger partial charge in [-0.05, 0) is 43.2 Å². The molecule has 0 aliphatic rings. The van der Waals surface area contributed by atoms with E-state index in [1.807, 2.05) is 37.4 Å². The average Bonchev–Trinajstić information content (AvgIpc) is 3.26. The van der Waals surface area contributed by atoms with E-state index in [1.165, 1.54) is 0 Å². The lowest BCUT2D eigenvalue weighted by molar-refractivity contribution is 0.574. The first-order chi connectivity index (χ1) is 13.3. The lowest BCUT2D eigenvalue weighted by Gasteiger charge is -2.06. The van der Waals surface area contributed by atoms with Crippen LogP contribution >= 0.6 is 0 Å². The molecule has 1 aromatic carbocycles. The van der Waals surface area contributed by atoms with Crippen molar-refractivity contribution in [2.75, 3.05) is 5.75 Å². The number of aromatic nitrogens is 5. The van der Waals surface area contributed by atoms with Gasteiger partial charge in [0.25, 0.3) is 0 Å². The summed E-state index contributed by atoms with van der Waals surface area (Å²) in [7, 11) is -3.58. The first-order valence-electron chi connectivity index (χ1n) is 9.34. The summed E-state index contributed by atoms with van der Waals surface area (Å²) < 4.78 is 26.3. The smallest absolute Gasteiger partial charge is 0.210 e. The van der Waals surface area contributed by atoms with Crippen LogP contribution in [0.5, 0.6) is 0 Å². The largest absolute Gasteiger partial charge is 0.244 e. The van der Waals surface area contributed by atoms with Gasteiger partial charge in [0.05, 0.1) is 24.2 Å². The molecule has 0 spiro atoms. The van der Waals surface area contributed by atoms with Gasteiger partial charge in [-0.2, -0.15) is 10.2 Å². The summed E-state index contributed by atoms with van der Waals surface area (Å²) in [6, 6.07) is 7.79. The van der Waals surface area contributed by atoms with Gasteiger partial charge in [0, 0.05) is 17.7 Å². The number of primary sulfonamides is 1. The molecular weight excluding hydrogens is 376 g/mol. The Balaban J connectivity index is 1.93. The standard InChI is InChI=1S/C19H26N6O2S/c1-4-5-15(3)18-22-19(24(23-18)10-11-28(20,26)27)16-6-8-17(9-7-16)25-13-14(2)12-21-25/h6-9,12-13,15H,4-5,10-11H2,1-3H3,(H2,20,26,27). The van der Waals surface area contributed by atoms with Crippen LogP contribution in [0.1, 0.15) is 44.0 Å². The lowest BCUT2D eigenvalue weighted by Crippen LogP contribution is -2.21. The third-order valence-corrected chi connectivity index (χ3v) is 5.29. The van der Waals surface area contributed by atoms with E-state index < -0.39 is 10.0 Å². The molecular formula is C19H26N6O2S. The minimum atomic E-state index is -3.58. The van der Waals surface area contributed by atoms with Crippen molar-refractivity contribution in [1.29, 1.82) is 0 Å². The van der Waals surface area contributed by atoms with E-state index in [9.17, 15) is 8.42 Å². The van der Waals surface area contributed by atoms with Crippen molar-refractivity contribution in [3.63, 3.8) is 0 Å². The zero-order chi connectivity index (χ0) is 20.3. The van der Waals surface area contributed by atoms with Crippen molar-refractivity contribution in [3.8, 4) is 17.1 Å². The fourth-order valence-electron chi connectivity index (χ4n) is 3.03. The molecule has 0 aliphatic heterocycles. The summed E-state index contributed by atoms with van der Waals surface area (Å²) in [5.74, 6) is 1.38. The number of hydrogen-bond donors (Lipinski definition) is 1. The predicted molar refractivity (Wildman–Crippen MR) is 109 cm³/mol. The number of hydrogen-bond acceptors (Lipinski definition) is 5. The second-order valence-electron chi connectivity index (χ2n) is 7.08. The summed E-state index contributed by atoms with van der Waals surface area (Å²) in [5.41, 5.74) is 2.89. The first-order valence-corrected chi connectivity index (χ1v) is 11.1. The van der Waals surface area contributed by atoms with E-state index in [4.69, 9.17) is 10.1 Å². The fraction of sp³-hybridized carbons (Fsp3) is 0.421. The van der Waals surface area contributed by atoms with E-state index in [0.717, 1.165) is 35.5 Å². The molecule has 0 aliphatic carbocycles. The van der Waals surface area contributed by atoms with Gasteiger partial charge in [-0.1, -0.05) is 20.3 Å². The third kappa shape index (κ3) is 4.85. The van der Waals surface area contributed by atoms with Crippen LogP contribution in [0, 0.1) is 6.92 Å². The Kier molecular flexibility index (Phi) is 5.95. The number of sulfonamides is 1. The molecule has 1 unspecified atom stereocenters. The summed E-state index contributed by atoms with van der Waals surface area (Å²) in [6.45, 7) is 6.35. The number of rotatable bonds is 8. The van der Waals surface area contributed by atoms with Crippen molar-refractivity contribution < 1.29 is 8.42 Å². The molecule has 0 saturated carbocycles. The molecule has 2 N–H and O–H groups in total. The SMILES string of the molecule is CCCC(C)c1nc(-c2ccc(-n3cc(C)cn3)cc2)n(CCS(N)(=O)=O)n1. The number of nitrogens with zero attached hydrogens (tertiary/aromatic N) is 5. The molecule has 0 amide bonds. The highest BCUT2D eigenvalue weighted by molar-refractivity contribution is 7.89. The number of aryl methyl sites for hydroxylation is 2. The minimum Gasteiger partial charge on any atom is -0.244 e. The Morgan fingerprint density at radius 2 is 1.93 bits per heavy atom. The van der Waals surface area contributed by atoms with E-state index in [1.54, 1.807) is 15.6 Å². The van der Waals surface area contributed by atoms with Gasteiger partial charge >= 0.3 is 0 Å². The molecule has 0 radical (unpaired) electrons. The first kappa shape index (κ1) is 20.2. The zero-order valence-corrected chi connectivity index (χ0v) is 17.2. The summed E-state index contributed by atoms with van der Waals surface area (Å²) in [5, 5.41) is 14.0. The van der Waals surface area contributed by atoms with Crippen LogP contribution in [0.3, 0.4) is 0 Å². The van der Waals surface area contributed by atoms with Crippen LogP contribution in [0.4, 0.5) is 0 Å². The van der Waals surface area contributed by atoms with Crippen LogP contribution in [0.2, 0.25) is 0 Å². The Hall–Kier alpha value is -2.52. The van der Waals surface area contributed by atoms with Crippen LogP contribution in [-0.4, -0.2) is 38.7 Å². The topological polar surface area (TPSA) is 109 Å². The van der Waals surface area contributed by atoms with Gasteiger partial charge in [-0.3, -0.25) is 0 Å². The average molecular weight is 403 g/mol. The monoisotopic (exact) mass is 402 g/mol. The van der Waals surface area contributed by atoms with Crippen LogP contribution in [-0.2, 0) is 16.6 Å². The van der Waals surface area contributed by atoms with Crippen molar-refractivity contribution in [3.05, 3.63) is 48.0 Å². The predicted octanol–water partition coefficient (Wildman–Crippen LogP) is 2.63. The highest BCUT2D eigenvalue weighted by Gasteiger charge is 2.17. The Morgan fingerprint density at radius 1 is 1.21 bits per heavy atom. The van der Waals surface area contributed by atoms with Gasteiger partial charge in [-0.25, -0.2) is 27.9 Å². The molecule has 2 heterocycles. The van der Waals surface area contributed by atoms with Crippen molar-refractivity contribution in [2.24, 2.45) is 5.14 Å². The molecule has 0 bridgehead atoms. The molecule has 8 nitrogen and oxygen atoms in total. The van der Waals surface area contributed by atoms with Gasteiger partial charge < -0.3 is 0 Å². The molecule has 0 saturated heterocycles. The summed E-state index contributed by atoms with van der Waals surface area (Å²) >= 11 is 0. The number of nitrogens with two attached hydrogens (primary N) is 1. The van der Waals surface area contributed by atoms with Crippen LogP contribution in [0.25, 0.3) is 17.1 Å². The second-order valence-corrected chi connectivity index (χ2v) is 8.82. The van der Waals surface area contributed by atoms with Crippen LogP contribution in [0.15, 0.2) is 36.7 Å². The molecule has 9 heteroatoms. The fourth-order valence-corrected chi connectivity index (χ4v) is 3.46. The Labute approximate surface area is 165 Å². The Bertz CT molecular complexity index is 1040. The van der Waals surface area contributed by atoms with Gasteiger partial charge in [0.1, 0.15) is 0 Å². The highest BCUT2D eigenvalue weighted by Crippen LogP contribution is 2.24. The highest BCUT2D eigenvalue weighted by atomic mass is 32.2. The molecule has 3 rings (SSSR count). The molecule has 2 aromatic heterocycles. The summed E-state index contributed by atoms with van der Waals surface area (Å²) in [4.78, 5) is 4.70. The van der Waals surface area contributed by atoms with Gasteiger partial charge in [0.15, 0.2) is 11.6 Å². The van der Waals surface area contributed by atoms with Crippen molar-refractivity contribution in [2.45, 2.75) is 46.1 Å².